The van der Waals surface area contributed by atoms with Crippen molar-refractivity contribution < 1.29 is 17.7 Å². The molecule has 4 rings (SSSR count). The molecule has 36 heavy (non-hydrogen) atoms. The summed E-state index contributed by atoms with van der Waals surface area (Å²) in [6, 6.07) is 31.0. The van der Waals surface area contributed by atoms with Crippen LogP contribution in [0.2, 0.25) is 0 Å². The Bertz CT molecular complexity index is 1310. The fourth-order valence-electron chi connectivity index (χ4n) is 4.05. The third-order valence-corrected chi connectivity index (χ3v) is 6.54. The summed E-state index contributed by atoms with van der Waals surface area (Å²) in [5, 5.41) is 0. The topological polar surface area (TPSA) is 81.4 Å². The molecular weight excluding hydrogens is 483 g/mol. The maximum absolute atomic E-state index is 10.8. The van der Waals surface area contributed by atoms with E-state index in [1.54, 1.807) is 0 Å². The minimum atomic E-state index is -3.87. The molecule has 0 saturated carbocycles. The van der Waals surface area contributed by atoms with Gasteiger partial charge < -0.3 is 4.74 Å². The van der Waals surface area contributed by atoms with Crippen LogP contribution in [0, 0.1) is 0 Å². The van der Waals surface area contributed by atoms with Crippen LogP contribution in [0.5, 0.6) is 6.01 Å². The summed E-state index contributed by atoms with van der Waals surface area (Å²) in [6.45, 7) is 0.505. The number of benzene rings is 3. The van der Waals surface area contributed by atoms with Crippen molar-refractivity contribution in [3.63, 3.8) is 0 Å². The van der Waals surface area contributed by atoms with Crippen molar-refractivity contribution in [3.8, 4) is 34.2 Å². The predicted molar refractivity (Wildman–Crippen MR) is 147 cm³/mol. The molecule has 0 bridgehead atoms. The van der Waals surface area contributed by atoms with Crippen LogP contribution in [0.15, 0.2) is 91.0 Å². The number of unbranched alkanes of at least 4 members (excludes halogenated alkanes) is 4. The number of para-hydroxylation sites is 1. The molecule has 0 fully saturated rings. The van der Waals surface area contributed by atoms with Gasteiger partial charge in [0, 0.05) is 11.1 Å². The Hall–Kier alpha value is -2.42. The Labute approximate surface area is 235 Å². The van der Waals surface area contributed by atoms with E-state index in [1.165, 1.54) is 0 Å². The van der Waals surface area contributed by atoms with Crippen molar-refractivity contribution in [2.24, 2.45) is 0 Å². The van der Waals surface area contributed by atoms with E-state index in [-0.39, 0.29) is 35.3 Å². The first kappa shape index (κ1) is 28.2. The SMILES string of the molecule is O=S(=O)(O)CCCCCCCOc1nc(-c2ccccc2)c(-c2ccccc2)n1-c1ccccc1.[NaH]. The minimum absolute atomic E-state index is 0. The first-order valence-corrected chi connectivity index (χ1v) is 13.5. The number of hydrogen-bond acceptors (Lipinski definition) is 4. The van der Waals surface area contributed by atoms with Crippen LogP contribution in [0.3, 0.4) is 0 Å². The molecule has 0 aliphatic carbocycles. The van der Waals surface area contributed by atoms with Crippen LogP contribution in [0.25, 0.3) is 28.2 Å². The second-order valence-corrected chi connectivity index (χ2v) is 9.97. The molecule has 8 heteroatoms. The summed E-state index contributed by atoms with van der Waals surface area (Å²) in [5.41, 5.74) is 4.88. The Morgan fingerprint density at radius 3 is 1.86 bits per heavy atom. The van der Waals surface area contributed by atoms with Crippen molar-refractivity contribution in [2.45, 2.75) is 32.1 Å². The van der Waals surface area contributed by atoms with Gasteiger partial charge in [-0.15, -0.1) is 0 Å². The second-order valence-electron chi connectivity index (χ2n) is 8.40. The van der Waals surface area contributed by atoms with E-state index >= 15 is 0 Å². The van der Waals surface area contributed by atoms with Gasteiger partial charge in [0.25, 0.3) is 10.1 Å². The number of hydrogen-bond donors (Lipinski definition) is 1. The van der Waals surface area contributed by atoms with Crippen molar-refractivity contribution in [2.75, 3.05) is 12.4 Å². The third-order valence-electron chi connectivity index (χ3n) is 5.73. The predicted octanol–water partition coefficient (Wildman–Crippen LogP) is 5.77. The van der Waals surface area contributed by atoms with Gasteiger partial charge >= 0.3 is 35.6 Å². The molecule has 4 aromatic rings. The van der Waals surface area contributed by atoms with Gasteiger partial charge in [0.15, 0.2) is 0 Å². The van der Waals surface area contributed by atoms with Crippen molar-refractivity contribution in [3.05, 3.63) is 91.0 Å². The van der Waals surface area contributed by atoms with E-state index in [4.69, 9.17) is 14.3 Å². The molecule has 6 nitrogen and oxygen atoms in total. The number of nitrogens with zero attached hydrogens (tertiary/aromatic N) is 2. The van der Waals surface area contributed by atoms with Crippen molar-refractivity contribution in [1.29, 1.82) is 0 Å². The van der Waals surface area contributed by atoms with Crippen LogP contribution < -0.4 is 4.74 Å². The van der Waals surface area contributed by atoms with Gasteiger partial charge in [0.1, 0.15) is 5.69 Å². The molecule has 3 aromatic carbocycles. The van der Waals surface area contributed by atoms with Gasteiger partial charge in [-0.3, -0.25) is 9.12 Å². The summed E-state index contributed by atoms with van der Waals surface area (Å²) in [4.78, 5) is 4.95. The van der Waals surface area contributed by atoms with Gasteiger partial charge in [0.2, 0.25) is 0 Å². The molecule has 0 atom stereocenters. The molecule has 0 radical (unpaired) electrons. The fraction of sp³-hybridized carbons (Fsp3) is 0.250. The zero-order valence-electron chi connectivity index (χ0n) is 19.6. The Kier molecular flexibility index (Phi) is 10.8. The molecule has 184 valence electrons. The molecule has 0 aliphatic rings. The van der Waals surface area contributed by atoms with E-state index in [1.807, 2.05) is 66.7 Å². The zero-order chi connectivity index (χ0) is 24.5. The molecule has 0 saturated heterocycles. The van der Waals surface area contributed by atoms with E-state index in [2.05, 4.69) is 28.8 Å². The van der Waals surface area contributed by atoms with E-state index in [9.17, 15) is 8.42 Å². The molecule has 0 amide bonds. The normalized spacial score (nSPS) is 11.1. The molecule has 1 aromatic heterocycles. The van der Waals surface area contributed by atoms with Crippen LogP contribution in [-0.4, -0.2) is 64.4 Å². The number of aromatic nitrogens is 2. The maximum atomic E-state index is 10.8. The molecular formula is C28H31N2NaO4S. The second kappa shape index (κ2) is 13.8. The summed E-state index contributed by atoms with van der Waals surface area (Å²) >= 11 is 0. The van der Waals surface area contributed by atoms with E-state index < -0.39 is 10.1 Å². The molecule has 0 unspecified atom stereocenters. The number of imidazole rings is 1. The fourth-order valence-corrected chi connectivity index (χ4v) is 4.62. The summed E-state index contributed by atoms with van der Waals surface area (Å²) in [6.07, 6.45) is 3.85. The van der Waals surface area contributed by atoms with Gasteiger partial charge in [-0.1, -0.05) is 98.1 Å². The van der Waals surface area contributed by atoms with Gasteiger partial charge in [0.05, 0.1) is 23.7 Å². The Morgan fingerprint density at radius 1 is 0.722 bits per heavy atom. The zero-order valence-corrected chi connectivity index (χ0v) is 20.4. The third kappa shape index (κ3) is 7.79. The molecule has 1 heterocycles. The monoisotopic (exact) mass is 514 g/mol. The van der Waals surface area contributed by atoms with E-state index in [0.717, 1.165) is 53.9 Å². The number of ether oxygens (including phenoxy) is 1. The number of rotatable bonds is 12. The first-order valence-electron chi connectivity index (χ1n) is 11.9. The molecule has 0 aliphatic heterocycles. The van der Waals surface area contributed by atoms with Crippen LogP contribution in [-0.2, 0) is 10.1 Å². The van der Waals surface area contributed by atoms with Gasteiger partial charge in [-0.05, 0) is 25.0 Å². The van der Waals surface area contributed by atoms with Crippen molar-refractivity contribution in [1.82, 2.24) is 9.55 Å². The first-order chi connectivity index (χ1) is 17.0. The van der Waals surface area contributed by atoms with Crippen LogP contribution in [0.4, 0.5) is 0 Å². The van der Waals surface area contributed by atoms with Gasteiger partial charge in [-0.25, -0.2) is 0 Å². The summed E-state index contributed by atoms with van der Waals surface area (Å²) in [7, 11) is -3.87. The van der Waals surface area contributed by atoms with Gasteiger partial charge in [-0.2, -0.15) is 13.4 Å². The Morgan fingerprint density at radius 2 is 1.25 bits per heavy atom. The average molecular weight is 515 g/mol. The van der Waals surface area contributed by atoms with Crippen molar-refractivity contribution >= 4 is 39.7 Å². The Balaban J connectivity index is 0.00000361. The standard InChI is InChI=1S/C28H30N2O4S.Na.H/c31-35(32,33)22-14-3-1-2-13-21-34-28-29-26(23-15-7-4-8-16-23)27(24-17-9-5-10-18-24)30(28)25-19-11-6-12-20-25;;/h4-12,15-20H,1-3,13-14,21-22H2,(H,31,32,33);;. The van der Waals surface area contributed by atoms with Crippen LogP contribution in [0.1, 0.15) is 32.1 Å². The van der Waals surface area contributed by atoms with E-state index in [0.29, 0.717) is 19.0 Å². The summed E-state index contributed by atoms with van der Waals surface area (Å²) in [5.74, 6) is -0.178. The average Bonchev–Trinajstić information content (AvgIpc) is 3.26. The quantitative estimate of drug-likeness (QED) is 0.147. The van der Waals surface area contributed by atoms with Crippen LogP contribution >= 0.6 is 0 Å². The molecule has 0 spiro atoms. The summed E-state index contributed by atoms with van der Waals surface area (Å²) < 4.78 is 38.8. The molecule has 1 N–H and O–H groups in total.